The number of amides is 1. The number of hydrogen-bond donors (Lipinski definition) is 2. The summed E-state index contributed by atoms with van der Waals surface area (Å²) in [6.07, 6.45) is 0. The highest BCUT2D eigenvalue weighted by molar-refractivity contribution is 5.85. The molecule has 0 saturated carbocycles. The van der Waals surface area contributed by atoms with Crippen LogP contribution in [0.3, 0.4) is 0 Å². The van der Waals surface area contributed by atoms with Crippen LogP contribution in [-0.4, -0.2) is 62.8 Å². The third-order valence-electron chi connectivity index (χ3n) is 3.13. The highest BCUT2D eigenvalue weighted by Crippen LogP contribution is 2.22. The molecule has 1 aliphatic heterocycles. The summed E-state index contributed by atoms with van der Waals surface area (Å²) in [6.45, 7) is 1.94. The fraction of sp³-hybridized carbons (Fsp3) is 0.583. The Kier molecular flexibility index (Phi) is 4.57. The average molecular weight is 281 g/mol. The van der Waals surface area contributed by atoms with Crippen molar-refractivity contribution in [2.45, 2.75) is 6.04 Å². The quantitative estimate of drug-likeness (QED) is 0.733. The molecule has 0 aromatic carbocycles. The van der Waals surface area contributed by atoms with Gasteiger partial charge in [-0.25, -0.2) is 0 Å². The van der Waals surface area contributed by atoms with Gasteiger partial charge in [-0.2, -0.15) is 9.97 Å². The molecule has 1 aromatic rings. The van der Waals surface area contributed by atoms with Crippen LogP contribution in [-0.2, 0) is 4.79 Å². The lowest BCUT2D eigenvalue weighted by Gasteiger charge is -2.34. The third-order valence-corrected chi connectivity index (χ3v) is 3.13. The maximum atomic E-state index is 11.9. The predicted molar refractivity (Wildman–Crippen MR) is 73.2 cm³/mol. The monoisotopic (exact) mass is 281 g/mol. The molecule has 1 fully saturated rings. The fourth-order valence-electron chi connectivity index (χ4n) is 2.07. The Hall–Kier alpha value is -2.09. The van der Waals surface area contributed by atoms with Crippen LogP contribution in [0.25, 0.3) is 0 Å². The van der Waals surface area contributed by atoms with E-state index in [2.05, 4.69) is 20.6 Å². The molecule has 8 heteroatoms. The second kappa shape index (κ2) is 6.38. The summed E-state index contributed by atoms with van der Waals surface area (Å²) in [5, 5.41) is 5.84. The van der Waals surface area contributed by atoms with Crippen molar-refractivity contribution in [1.29, 1.82) is 0 Å². The van der Waals surface area contributed by atoms with E-state index in [0.717, 1.165) is 6.54 Å². The highest BCUT2D eigenvalue weighted by atomic mass is 16.5. The standard InChI is InChI=1S/C12H19N5O3/c1-13-11(18)8-7-14-4-5-17(8)12-15-9(19-2)6-10(16-12)20-3/h6,8,14H,4-5,7H2,1-3H3,(H,13,18). The van der Waals surface area contributed by atoms with Crippen LogP contribution in [0.2, 0.25) is 0 Å². The molecule has 2 rings (SSSR count). The molecule has 0 bridgehead atoms. The number of carbonyl (C=O) groups excluding carboxylic acids is 1. The SMILES string of the molecule is CNC(=O)C1CNCCN1c1nc(OC)cc(OC)n1. The number of nitrogens with one attached hydrogen (secondary N) is 2. The van der Waals surface area contributed by atoms with E-state index in [1.807, 2.05) is 4.90 Å². The van der Waals surface area contributed by atoms with Crippen LogP contribution in [0.15, 0.2) is 6.07 Å². The van der Waals surface area contributed by atoms with Crippen LogP contribution in [0, 0.1) is 0 Å². The molecule has 1 amide bonds. The minimum Gasteiger partial charge on any atom is -0.481 e. The Morgan fingerprint density at radius 2 is 2.05 bits per heavy atom. The summed E-state index contributed by atoms with van der Waals surface area (Å²) < 4.78 is 10.3. The number of aromatic nitrogens is 2. The van der Waals surface area contributed by atoms with Gasteiger partial charge < -0.3 is 25.0 Å². The fourth-order valence-corrected chi connectivity index (χ4v) is 2.07. The van der Waals surface area contributed by atoms with Crippen molar-refractivity contribution in [2.24, 2.45) is 0 Å². The summed E-state index contributed by atoms with van der Waals surface area (Å²) in [4.78, 5) is 22.4. The summed E-state index contributed by atoms with van der Waals surface area (Å²) in [5.74, 6) is 1.15. The molecule has 2 heterocycles. The number of rotatable bonds is 4. The number of piperazine rings is 1. The van der Waals surface area contributed by atoms with Gasteiger partial charge in [-0.3, -0.25) is 4.79 Å². The molecule has 1 aromatic heterocycles. The summed E-state index contributed by atoms with van der Waals surface area (Å²) in [6, 6.07) is 1.24. The number of nitrogens with zero attached hydrogens (tertiary/aromatic N) is 3. The van der Waals surface area contributed by atoms with Gasteiger partial charge in [-0.1, -0.05) is 0 Å². The smallest absolute Gasteiger partial charge is 0.243 e. The normalized spacial score (nSPS) is 18.6. The Balaban J connectivity index is 2.33. The van der Waals surface area contributed by atoms with Crippen molar-refractivity contribution in [2.75, 3.05) is 45.8 Å². The van der Waals surface area contributed by atoms with Gasteiger partial charge in [0, 0.05) is 26.7 Å². The van der Waals surface area contributed by atoms with E-state index in [1.165, 1.54) is 14.2 Å². The number of methoxy groups -OCH3 is 2. The molecule has 0 aliphatic carbocycles. The van der Waals surface area contributed by atoms with Gasteiger partial charge >= 0.3 is 0 Å². The summed E-state index contributed by atoms with van der Waals surface area (Å²) in [5.41, 5.74) is 0. The largest absolute Gasteiger partial charge is 0.481 e. The van der Waals surface area contributed by atoms with E-state index in [1.54, 1.807) is 13.1 Å². The topological polar surface area (TPSA) is 88.6 Å². The van der Waals surface area contributed by atoms with Crippen molar-refractivity contribution in [1.82, 2.24) is 20.6 Å². The van der Waals surface area contributed by atoms with E-state index in [4.69, 9.17) is 9.47 Å². The molecule has 20 heavy (non-hydrogen) atoms. The molecule has 8 nitrogen and oxygen atoms in total. The maximum Gasteiger partial charge on any atom is 0.243 e. The van der Waals surface area contributed by atoms with Crippen molar-refractivity contribution in [3.8, 4) is 11.8 Å². The van der Waals surface area contributed by atoms with E-state index in [0.29, 0.717) is 30.8 Å². The Bertz CT molecular complexity index is 460. The molecule has 2 N–H and O–H groups in total. The first-order chi connectivity index (χ1) is 9.69. The molecule has 0 spiro atoms. The van der Waals surface area contributed by atoms with E-state index >= 15 is 0 Å². The van der Waals surface area contributed by atoms with Crippen molar-refractivity contribution in [3.63, 3.8) is 0 Å². The second-order valence-corrected chi connectivity index (χ2v) is 4.28. The first-order valence-corrected chi connectivity index (χ1v) is 6.35. The number of carbonyl (C=O) groups is 1. The maximum absolute atomic E-state index is 11.9. The lowest BCUT2D eigenvalue weighted by atomic mass is 10.2. The van der Waals surface area contributed by atoms with Gasteiger partial charge in [-0.15, -0.1) is 0 Å². The molecule has 1 atom stereocenters. The van der Waals surface area contributed by atoms with Crippen LogP contribution in [0.1, 0.15) is 0 Å². The third kappa shape index (κ3) is 2.90. The minimum atomic E-state index is -0.356. The second-order valence-electron chi connectivity index (χ2n) is 4.28. The zero-order valence-electron chi connectivity index (χ0n) is 11.8. The first kappa shape index (κ1) is 14.3. The van der Waals surface area contributed by atoms with Gasteiger partial charge in [0.1, 0.15) is 6.04 Å². The predicted octanol–water partition coefficient (Wildman–Crippen LogP) is -0.982. The van der Waals surface area contributed by atoms with Crippen molar-refractivity contribution in [3.05, 3.63) is 6.07 Å². The molecule has 1 aliphatic rings. The highest BCUT2D eigenvalue weighted by Gasteiger charge is 2.30. The Morgan fingerprint density at radius 1 is 1.40 bits per heavy atom. The number of ether oxygens (including phenoxy) is 2. The van der Waals surface area contributed by atoms with Crippen LogP contribution in [0.4, 0.5) is 5.95 Å². The van der Waals surface area contributed by atoms with Gasteiger partial charge in [0.2, 0.25) is 23.6 Å². The number of hydrogen-bond acceptors (Lipinski definition) is 7. The van der Waals surface area contributed by atoms with Crippen LogP contribution >= 0.6 is 0 Å². The van der Waals surface area contributed by atoms with E-state index in [-0.39, 0.29) is 11.9 Å². The van der Waals surface area contributed by atoms with Gasteiger partial charge in [0.15, 0.2) is 0 Å². The van der Waals surface area contributed by atoms with Crippen LogP contribution in [0.5, 0.6) is 11.8 Å². The Labute approximate surface area is 117 Å². The zero-order chi connectivity index (χ0) is 14.5. The van der Waals surface area contributed by atoms with Gasteiger partial charge in [0.25, 0.3) is 0 Å². The van der Waals surface area contributed by atoms with E-state index < -0.39 is 0 Å². The van der Waals surface area contributed by atoms with Crippen molar-refractivity contribution < 1.29 is 14.3 Å². The van der Waals surface area contributed by atoms with Crippen LogP contribution < -0.4 is 25.0 Å². The average Bonchev–Trinajstić information content (AvgIpc) is 2.53. The first-order valence-electron chi connectivity index (χ1n) is 6.35. The van der Waals surface area contributed by atoms with E-state index in [9.17, 15) is 4.79 Å². The number of likely N-dealkylation sites (N-methyl/N-ethyl adjacent to an activating group) is 1. The lowest BCUT2D eigenvalue weighted by molar-refractivity contribution is -0.122. The Morgan fingerprint density at radius 3 is 2.60 bits per heavy atom. The molecular weight excluding hydrogens is 262 g/mol. The molecule has 110 valence electrons. The molecule has 0 radical (unpaired) electrons. The van der Waals surface area contributed by atoms with Gasteiger partial charge in [-0.05, 0) is 0 Å². The number of anilines is 1. The van der Waals surface area contributed by atoms with Gasteiger partial charge in [0.05, 0.1) is 20.3 Å². The molecule has 1 saturated heterocycles. The summed E-state index contributed by atoms with van der Waals surface area (Å²) >= 11 is 0. The molecule has 1 unspecified atom stereocenters. The zero-order valence-corrected chi connectivity index (χ0v) is 11.8. The summed E-state index contributed by atoms with van der Waals surface area (Å²) in [7, 11) is 4.67. The van der Waals surface area contributed by atoms with Crippen molar-refractivity contribution >= 4 is 11.9 Å². The molecular formula is C12H19N5O3. The minimum absolute atomic E-state index is 0.0809. The lowest BCUT2D eigenvalue weighted by Crippen LogP contribution is -2.58.